The van der Waals surface area contributed by atoms with Crippen molar-refractivity contribution in [3.8, 4) is 0 Å². The summed E-state index contributed by atoms with van der Waals surface area (Å²) in [5.74, 6) is -0.205. The number of hydrogen-bond donors (Lipinski definition) is 2. The van der Waals surface area contributed by atoms with Gasteiger partial charge in [-0.25, -0.2) is 0 Å². The molecule has 0 bridgehead atoms. The van der Waals surface area contributed by atoms with Gasteiger partial charge in [-0.05, 0) is 24.6 Å². The van der Waals surface area contributed by atoms with Crippen molar-refractivity contribution >= 4 is 28.8 Å². The summed E-state index contributed by atoms with van der Waals surface area (Å²) in [5, 5.41) is 2.84. The van der Waals surface area contributed by atoms with Crippen molar-refractivity contribution < 1.29 is 4.79 Å². The molecule has 19 heavy (non-hydrogen) atoms. The fraction of sp³-hybridized carbons (Fsp3) is 0.214. The molecule has 1 unspecified atom stereocenters. The highest BCUT2D eigenvalue weighted by Gasteiger charge is 2.29. The van der Waals surface area contributed by atoms with Crippen LogP contribution in [0.5, 0.6) is 0 Å². The van der Waals surface area contributed by atoms with E-state index in [9.17, 15) is 4.79 Å². The molecule has 2 aromatic rings. The van der Waals surface area contributed by atoms with Crippen LogP contribution in [0, 0.1) is 0 Å². The van der Waals surface area contributed by atoms with Crippen LogP contribution in [0.1, 0.15) is 17.4 Å². The summed E-state index contributed by atoms with van der Waals surface area (Å²) in [6.07, 6.45) is 0. The second-order valence-corrected chi connectivity index (χ2v) is 6.26. The van der Waals surface area contributed by atoms with E-state index in [1.807, 2.05) is 42.5 Å². The SMILES string of the molecule is CC(N)(C(=O)NCc1ccc(Cl)s1)c1ccccc1. The van der Waals surface area contributed by atoms with E-state index in [0.29, 0.717) is 10.9 Å². The van der Waals surface area contributed by atoms with Crippen molar-refractivity contribution in [3.05, 3.63) is 57.2 Å². The maximum Gasteiger partial charge on any atom is 0.244 e. The Hall–Kier alpha value is -1.36. The zero-order valence-electron chi connectivity index (χ0n) is 10.5. The molecule has 0 radical (unpaired) electrons. The van der Waals surface area contributed by atoms with Gasteiger partial charge in [-0.1, -0.05) is 41.9 Å². The Kier molecular flexibility index (Phi) is 4.24. The van der Waals surface area contributed by atoms with Gasteiger partial charge in [0.05, 0.1) is 10.9 Å². The molecular weight excluding hydrogens is 280 g/mol. The number of carbonyl (C=O) groups excluding carboxylic acids is 1. The van der Waals surface area contributed by atoms with Crippen LogP contribution >= 0.6 is 22.9 Å². The zero-order chi connectivity index (χ0) is 13.9. The van der Waals surface area contributed by atoms with Crippen molar-refractivity contribution in [2.24, 2.45) is 5.73 Å². The van der Waals surface area contributed by atoms with Gasteiger partial charge in [0, 0.05) is 4.88 Å². The predicted octanol–water partition coefficient (Wildman–Crippen LogP) is 2.89. The minimum atomic E-state index is -1.04. The van der Waals surface area contributed by atoms with Gasteiger partial charge in [-0.15, -0.1) is 11.3 Å². The molecule has 1 amide bonds. The minimum Gasteiger partial charge on any atom is -0.349 e. The molecule has 2 rings (SSSR count). The summed E-state index contributed by atoms with van der Waals surface area (Å²) < 4.78 is 0.711. The van der Waals surface area contributed by atoms with Crippen LogP contribution in [-0.4, -0.2) is 5.91 Å². The third kappa shape index (κ3) is 3.35. The first-order valence-electron chi connectivity index (χ1n) is 5.87. The molecule has 1 heterocycles. The molecule has 0 saturated carbocycles. The Morgan fingerprint density at radius 3 is 2.58 bits per heavy atom. The highest BCUT2D eigenvalue weighted by molar-refractivity contribution is 7.16. The molecule has 0 aliphatic rings. The van der Waals surface area contributed by atoms with Gasteiger partial charge >= 0.3 is 0 Å². The standard InChI is InChI=1S/C14H15ClN2OS/c1-14(16,10-5-3-2-4-6-10)13(18)17-9-11-7-8-12(15)19-11/h2-8H,9,16H2,1H3,(H,17,18). The number of rotatable bonds is 4. The van der Waals surface area contributed by atoms with E-state index in [-0.39, 0.29) is 5.91 Å². The van der Waals surface area contributed by atoms with Gasteiger partial charge in [0.2, 0.25) is 5.91 Å². The van der Waals surface area contributed by atoms with Crippen LogP contribution < -0.4 is 11.1 Å². The summed E-state index contributed by atoms with van der Waals surface area (Å²) in [7, 11) is 0. The molecule has 1 atom stereocenters. The van der Waals surface area contributed by atoms with E-state index in [2.05, 4.69) is 5.32 Å². The van der Waals surface area contributed by atoms with Crippen LogP contribution in [0.15, 0.2) is 42.5 Å². The van der Waals surface area contributed by atoms with Gasteiger partial charge < -0.3 is 11.1 Å². The predicted molar refractivity (Wildman–Crippen MR) is 79.2 cm³/mol. The normalized spacial score (nSPS) is 13.8. The van der Waals surface area contributed by atoms with Crippen LogP contribution in [0.2, 0.25) is 4.34 Å². The second kappa shape index (κ2) is 5.74. The molecule has 100 valence electrons. The van der Waals surface area contributed by atoms with Crippen molar-refractivity contribution in [1.82, 2.24) is 5.32 Å². The van der Waals surface area contributed by atoms with E-state index < -0.39 is 5.54 Å². The number of benzene rings is 1. The van der Waals surface area contributed by atoms with Crippen molar-refractivity contribution in [2.75, 3.05) is 0 Å². The summed E-state index contributed by atoms with van der Waals surface area (Å²) in [5.41, 5.74) is 5.87. The molecule has 0 aliphatic heterocycles. The molecule has 3 N–H and O–H groups in total. The molecule has 1 aromatic heterocycles. The third-order valence-electron chi connectivity index (χ3n) is 2.90. The van der Waals surface area contributed by atoms with Gasteiger partial charge in [0.25, 0.3) is 0 Å². The van der Waals surface area contributed by atoms with Crippen LogP contribution in [0.4, 0.5) is 0 Å². The van der Waals surface area contributed by atoms with E-state index in [0.717, 1.165) is 10.4 Å². The van der Waals surface area contributed by atoms with E-state index in [4.69, 9.17) is 17.3 Å². The lowest BCUT2D eigenvalue weighted by molar-refractivity contribution is -0.126. The first-order chi connectivity index (χ1) is 9.00. The molecule has 5 heteroatoms. The fourth-order valence-corrected chi connectivity index (χ4v) is 2.74. The lowest BCUT2D eigenvalue weighted by atomic mass is 9.92. The maximum absolute atomic E-state index is 12.2. The Labute approximate surface area is 121 Å². The molecule has 1 aromatic carbocycles. The number of hydrogen-bond acceptors (Lipinski definition) is 3. The first-order valence-corrected chi connectivity index (χ1v) is 7.06. The third-order valence-corrected chi connectivity index (χ3v) is 4.13. The molecule has 0 saturated heterocycles. The summed E-state index contributed by atoms with van der Waals surface area (Å²) in [6, 6.07) is 13.0. The van der Waals surface area contributed by atoms with Crippen LogP contribution in [-0.2, 0) is 16.9 Å². The number of nitrogens with one attached hydrogen (secondary N) is 1. The molecule has 0 aliphatic carbocycles. The van der Waals surface area contributed by atoms with Crippen molar-refractivity contribution in [1.29, 1.82) is 0 Å². The first kappa shape index (κ1) is 14.1. The van der Waals surface area contributed by atoms with Crippen molar-refractivity contribution in [3.63, 3.8) is 0 Å². The fourth-order valence-electron chi connectivity index (χ4n) is 1.71. The van der Waals surface area contributed by atoms with Gasteiger partial charge in [0.1, 0.15) is 5.54 Å². The average Bonchev–Trinajstić information content (AvgIpc) is 2.82. The Morgan fingerprint density at radius 2 is 2.00 bits per heavy atom. The second-order valence-electron chi connectivity index (χ2n) is 4.46. The Balaban J connectivity index is 2.03. The highest BCUT2D eigenvalue weighted by Crippen LogP contribution is 2.22. The maximum atomic E-state index is 12.2. The smallest absolute Gasteiger partial charge is 0.244 e. The average molecular weight is 295 g/mol. The minimum absolute atomic E-state index is 0.205. The number of thiophene rings is 1. The summed E-state index contributed by atoms with van der Waals surface area (Å²) in [6.45, 7) is 2.15. The lowest BCUT2D eigenvalue weighted by Gasteiger charge is -2.23. The number of amides is 1. The Morgan fingerprint density at radius 1 is 1.32 bits per heavy atom. The highest BCUT2D eigenvalue weighted by atomic mass is 35.5. The Bertz CT molecular complexity index is 566. The van der Waals surface area contributed by atoms with E-state index in [1.165, 1.54) is 11.3 Å². The van der Waals surface area contributed by atoms with Crippen LogP contribution in [0.3, 0.4) is 0 Å². The van der Waals surface area contributed by atoms with Crippen molar-refractivity contribution in [2.45, 2.75) is 19.0 Å². The topological polar surface area (TPSA) is 55.1 Å². The van der Waals surface area contributed by atoms with E-state index in [1.54, 1.807) is 6.92 Å². The summed E-state index contributed by atoms with van der Waals surface area (Å²) >= 11 is 7.29. The van der Waals surface area contributed by atoms with E-state index >= 15 is 0 Å². The largest absolute Gasteiger partial charge is 0.349 e. The van der Waals surface area contributed by atoms with Gasteiger partial charge in [-0.2, -0.15) is 0 Å². The zero-order valence-corrected chi connectivity index (χ0v) is 12.1. The van der Waals surface area contributed by atoms with Gasteiger partial charge in [0.15, 0.2) is 0 Å². The number of carbonyl (C=O) groups is 1. The number of halogens is 1. The van der Waals surface area contributed by atoms with Crippen LogP contribution in [0.25, 0.3) is 0 Å². The lowest BCUT2D eigenvalue weighted by Crippen LogP contribution is -2.48. The summed E-state index contributed by atoms with van der Waals surface area (Å²) in [4.78, 5) is 13.2. The number of nitrogens with two attached hydrogens (primary N) is 1. The molecule has 0 fully saturated rings. The molecular formula is C14H15ClN2OS. The molecule has 0 spiro atoms. The van der Waals surface area contributed by atoms with Gasteiger partial charge in [-0.3, -0.25) is 4.79 Å². The monoisotopic (exact) mass is 294 g/mol. The molecule has 3 nitrogen and oxygen atoms in total. The quantitative estimate of drug-likeness (QED) is 0.911.